The molecule has 0 aromatic heterocycles. The molecule has 0 spiro atoms. The second-order valence-corrected chi connectivity index (χ2v) is 6.00. The summed E-state index contributed by atoms with van der Waals surface area (Å²) in [7, 11) is 1.62. The standard InChI is InChI=1S/C16H17BrClNO2/c1-21-12-5-2-10(3-6-12)13(9-19)16(20)11-4-7-15(18)14(17)8-11/h2-8,13,16,20H,9,19H2,1H3. The minimum absolute atomic E-state index is 0.191. The Hall–Kier alpha value is -1.07. The molecule has 0 radical (unpaired) electrons. The molecule has 2 rings (SSSR count). The first-order valence-electron chi connectivity index (χ1n) is 6.54. The first-order valence-corrected chi connectivity index (χ1v) is 7.71. The summed E-state index contributed by atoms with van der Waals surface area (Å²) in [6, 6.07) is 13.0. The van der Waals surface area contributed by atoms with E-state index < -0.39 is 6.10 Å². The van der Waals surface area contributed by atoms with Crippen LogP contribution in [-0.4, -0.2) is 18.8 Å². The van der Waals surface area contributed by atoms with Crippen LogP contribution in [0.15, 0.2) is 46.9 Å². The van der Waals surface area contributed by atoms with Crippen LogP contribution < -0.4 is 10.5 Å². The topological polar surface area (TPSA) is 55.5 Å². The molecule has 0 bridgehead atoms. The summed E-state index contributed by atoms with van der Waals surface area (Å²) >= 11 is 9.35. The van der Waals surface area contributed by atoms with E-state index in [0.717, 1.165) is 21.3 Å². The van der Waals surface area contributed by atoms with Crippen molar-refractivity contribution in [3.63, 3.8) is 0 Å². The fourth-order valence-electron chi connectivity index (χ4n) is 2.23. The smallest absolute Gasteiger partial charge is 0.118 e. The molecule has 112 valence electrons. The molecule has 21 heavy (non-hydrogen) atoms. The van der Waals surface area contributed by atoms with Crippen LogP contribution >= 0.6 is 27.5 Å². The minimum Gasteiger partial charge on any atom is -0.497 e. The van der Waals surface area contributed by atoms with E-state index in [2.05, 4.69) is 15.9 Å². The third-order valence-electron chi connectivity index (χ3n) is 3.46. The Morgan fingerprint density at radius 1 is 1.19 bits per heavy atom. The zero-order valence-corrected chi connectivity index (χ0v) is 13.9. The predicted octanol–water partition coefficient (Wildman–Crippen LogP) is 3.89. The van der Waals surface area contributed by atoms with Gasteiger partial charge in [-0.15, -0.1) is 0 Å². The molecule has 2 aromatic carbocycles. The van der Waals surface area contributed by atoms with Crippen LogP contribution in [0.25, 0.3) is 0 Å². The molecule has 0 aliphatic rings. The van der Waals surface area contributed by atoms with Crippen LogP contribution in [-0.2, 0) is 0 Å². The van der Waals surface area contributed by atoms with Gasteiger partial charge in [-0.05, 0) is 51.3 Å². The fraction of sp³-hybridized carbons (Fsp3) is 0.250. The Balaban J connectivity index is 2.28. The summed E-state index contributed by atoms with van der Waals surface area (Å²) in [5.74, 6) is 0.585. The lowest BCUT2D eigenvalue weighted by Crippen LogP contribution is -2.20. The summed E-state index contributed by atoms with van der Waals surface area (Å²) in [5, 5.41) is 11.2. The maximum absolute atomic E-state index is 10.6. The third-order valence-corrected chi connectivity index (χ3v) is 4.68. The van der Waals surface area contributed by atoms with E-state index in [-0.39, 0.29) is 5.92 Å². The second kappa shape index (κ2) is 7.27. The largest absolute Gasteiger partial charge is 0.497 e. The van der Waals surface area contributed by atoms with E-state index in [1.807, 2.05) is 36.4 Å². The Morgan fingerprint density at radius 2 is 1.81 bits per heavy atom. The van der Waals surface area contributed by atoms with E-state index in [4.69, 9.17) is 22.1 Å². The van der Waals surface area contributed by atoms with E-state index in [1.54, 1.807) is 13.2 Å². The highest BCUT2D eigenvalue weighted by Gasteiger charge is 2.22. The molecule has 0 fully saturated rings. The molecule has 0 aliphatic heterocycles. The first-order chi connectivity index (χ1) is 10.1. The lowest BCUT2D eigenvalue weighted by molar-refractivity contribution is 0.147. The molecular formula is C16H17BrClNO2. The zero-order chi connectivity index (χ0) is 15.4. The molecule has 3 nitrogen and oxygen atoms in total. The van der Waals surface area contributed by atoms with Crippen molar-refractivity contribution in [2.45, 2.75) is 12.0 Å². The van der Waals surface area contributed by atoms with Gasteiger partial charge in [-0.3, -0.25) is 0 Å². The minimum atomic E-state index is -0.697. The van der Waals surface area contributed by atoms with Gasteiger partial charge in [-0.2, -0.15) is 0 Å². The van der Waals surface area contributed by atoms with Gasteiger partial charge < -0.3 is 15.6 Å². The molecule has 3 N–H and O–H groups in total. The molecule has 0 saturated carbocycles. The maximum atomic E-state index is 10.6. The molecular weight excluding hydrogens is 354 g/mol. The van der Waals surface area contributed by atoms with Gasteiger partial charge in [0.15, 0.2) is 0 Å². The SMILES string of the molecule is COc1ccc(C(CN)C(O)c2ccc(Cl)c(Br)c2)cc1. The molecule has 2 aromatic rings. The van der Waals surface area contributed by atoms with Crippen LogP contribution in [0.3, 0.4) is 0 Å². The molecule has 2 unspecified atom stereocenters. The average Bonchev–Trinajstić information content (AvgIpc) is 2.51. The Bertz CT molecular complexity index is 604. The fourth-order valence-corrected chi connectivity index (χ4v) is 2.74. The molecule has 5 heteroatoms. The monoisotopic (exact) mass is 369 g/mol. The van der Waals surface area contributed by atoms with Crippen LogP contribution in [0.2, 0.25) is 5.02 Å². The predicted molar refractivity (Wildman–Crippen MR) is 88.9 cm³/mol. The first kappa shape index (κ1) is 16.3. The summed E-state index contributed by atoms with van der Waals surface area (Å²) < 4.78 is 5.90. The van der Waals surface area contributed by atoms with Crippen molar-refractivity contribution in [1.82, 2.24) is 0 Å². The van der Waals surface area contributed by atoms with Crippen molar-refractivity contribution in [1.29, 1.82) is 0 Å². The van der Waals surface area contributed by atoms with Gasteiger partial charge in [0.05, 0.1) is 18.2 Å². The Kier molecular flexibility index (Phi) is 5.65. The number of aliphatic hydroxyl groups is 1. The summed E-state index contributed by atoms with van der Waals surface area (Å²) in [5.41, 5.74) is 7.60. The number of benzene rings is 2. The van der Waals surface area contributed by atoms with Gasteiger partial charge >= 0.3 is 0 Å². The van der Waals surface area contributed by atoms with Gasteiger partial charge in [0.2, 0.25) is 0 Å². The lowest BCUT2D eigenvalue weighted by atomic mass is 9.89. The quantitative estimate of drug-likeness (QED) is 0.839. The van der Waals surface area contributed by atoms with Gasteiger partial charge in [0, 0.05) is 16.9 Å². The van der Waals surface area contributed by atoms with Crippen molar-refractivity contribution >= 4 is 27.5 Å². The van der Waals surface area contributed by atoms with E-state index >= 15 is 0 Å². The number of ether oxygens (including phenoxy) is 1. The van der Waals surface area contributed by atoms with E-state index in [1.165, 1.54) is 0 Å². The maximum Gasteiger partial charge on any atom is 0.118 e. The summed E-state index contributed by atoms with van der Waals surface area (Å²) in [6.07, 6.45) is -0.697. The van der Waals surface area contributed by atoms with Crippen LogP contribution in [0.1, 0.15) is 23.1 Å². The van der Waals surface area contributed by atoms with Crippen LogP contribution in [0, 0.1) is 0 Å². The normalized spacial score (nSPS) is 13.8. The van der Waals surface area contributed by atoms with Crippen molar-refractivity contribution in [3.8, 4) is 5.75 Å². The number of halogens is 2. The highest BCUT2D eigenvalue weighted by molar-refractivity contribution is 9.10. The van der Waals surface area contributed by atoms with Gasteiger partial charge in [-0.1, -0.05) is 29.8 Å². The third kappa shape index (κ3) is 3.77. The molecule has 0 heterocycles. The number of hydrogen-bond donors (Lipinski definition) is 2. The summed E-state index contributed by atoms with van der Waals surface area (Å²) in [4.78, 5) is 0. The van der Waals surface area contributed by atoms with Crippen molar-refractivity contribution in [3.05, 3.63) is 63.1 Å². The van der Waals surface area contributed by atoms with Crippen molar-refractivity contribution in [2.75, 3.05) is 13.7 Å². The second-order valence-electron chi connectivity index (χ2n) is 4.73. The number of nitrogens with two attached hydrogens (primary N) is 1. The number of rotatable bonds is 5. The lowest BCUT2D eigenvalue weighted by Gasteiger charge is -2.23. The van der Waals surface area contributed by atoms with Crippen molar-refractivity contribution < 1.29 is 9.84 Å². The number of hydrogen-bond acceptors (Lipinski definition) is 3. The number of methoxy groups -OCH3 is 1. The average molecular weight is 371 g/mol. The van der Waals surface area contributed by atoms with Crippen molar-refractivity contribution in [2.24, 2.45) is 5.73 Å². The van der Waals surface area contributed by atoms with Crippen LogP contribution in [0.5, 0.6) is 5.75 Å². The highest BCUT2D eigenvalue weighted by atomic mass is 79.9. The van der Waals surface area contributed by atoms with Gasteiger partial charge in [-0.25, -0.2) is 0 Å². The van der Waals surface area contributed by atoms with Crippen LogP contribution in [0.4, 0.5) is 0 Å². The molecule has 0 aliphatic carbocycles. The highest BCUT2D eigenvalue weighted by Crippen LogP contribution is 2.34. The summed E-state index contributed by atoms with van der Waals surface area (Å²) in [6.45, 7) is 0.341. The molecule has 0 saturated heterocycles. The zero-order valence-electron chi connectivity index (χ0n) is 11.6. The molecule has 2 atom stereocenters. The van der Waals surface area contributed by atoms with E-state index in [9.17, 15) is 5.11 Å². The van der Waals surface area contributed by atoms with Gasteiger partial charge in [0.1, 0.15) is 5.75 Å². The Morgan fingerprint density at radius 3 is 2.33 bits per heavy atom. The molecule has 0 amide bonds. The number of aliphatic hydroxyl groups excluding tert-OH is 1. The van der Waals surface area contributed by atoms with E-state index in [0.29, 0.717) is 11.6 Å². The Labute approximate surface area is 137 Å². The van der Waals surface area contributed by atoms with Gasteiger partial charge in [0.25, 0.3) is 0 Å².